The molecule has 2 N–H and O–H groups in total. The van der Waals surface area contributed by atoms with E-state index in [1.54, 1.807) is 17.5 Å². The van der Waals surface area contributed by atoms with E-state index in [9.17, 15) is 9.90 Å². The van der Waals surface area contributed by atoms with Gasteiger partial charge in [0.1, 0.15) is 0 Å². The van der Waals surface area contributed by atoms with Crippen molar-refractivity contribution >= 4 is 22.4 Å². The number of aliphatic hydroxyl groups is 1. The van der Waals surface area contributed by atoms with Gasteiger partial charge in [0.2, 0.25) is 5.91 Å². The monoisotopic (exact) mass is 282 g/mol. The molecule has 7 heteroatoms. The molecule has 1 aromatic rings. The minimum atomic E-state index is -0.384. The van der Waals surface area contributed by atoms with Crippen molar-refractivity contribution in [2.75, 3.05) is 37.6 Å². The number of hydrogen-bond acceptors (Lipinski definition) is 6. The summed E-state index contributed by atoms with van der Waals surface area (Å²) in [4.78, 5) is 20.7. The highest BCUT2D eigenvalue weighted by Gasteiger charge is 2.32. The van der Waals surface area contributed by atoms with Gasteiger partial charge in [-0.1, -0.05) is 0 Å². The standard InChI is InChI=1S/C12H18N4O2S/c17-9-7-10(14-8-9)11(18)15-2-4-16(5-3-15)12-13-1-6-19-12/h1,6,9-10,14,17H,2-5,7-8H2/t9-,10-/m0/s1. The van der Waals surface area contributed by atoms with Crippen LogP contribution in [0.25, 0.3) is 0 Å². The maximum absolute atomic E-state index is 12.3. The lowest BCUT2D eigenvalue weighted by atomic mass is 10.1. The Morgan fingerprint density at radius 1 is 1.42 bits per heavy atom. The molecule has 2 saturated heterocycles. The lowest BCUT2D eigenvalue weighted by molar-refractivity contribution is -0.133. The van der Waals surface area contributed by atoms with E-state index in [1.807, 2.05) is 10.3 Å². The van der Waals surface area contributed by atoms with E-state index in [4.69, 9.17) is 0 Å². The summed E-state index contributed by atoms with van der Waals surface area (Å²) in [6.07, 6.45) is 1.96. The number of carbonyl (C=O) groups is 1. The summed E-state index contributed by atoms with van der Waals surface area (Å²) in [5.41, 5.74) is 0. The average molecular weight is 282 g/mol. The third kappa shape index (κ3) is 2.72. The molecule has 3 rings (SSSR count). The number of piperazine rings is 1. The van der Waals surface area contributed by atoms with Crippen LogP contribution in [0.2, 0.25) is 0 Å². The molecule has 2 aliphatic rings. The molecule has 1 aromatic heterocycles. The van der Waals surface area contributed by atoms with Gasteiger partial charge < -0.3 is 20.2 Å². The summed E-state index contributed by atoms with van der Waals surface area (Å²) in [7, 11) is 0. The van der Waals surface area contributed by atoms with Gasteiger partial charge >= 0.3 is 0 Å². The first-order chi connectivity index (χ1) is 9.24. The number of aromatic nitrogens is 1. The zero-order valence-electron chi connectivity index (χ0n) is 10.7. The van der Waals surface area contributed by atoms with Crippen LogP contribution in [0.1, 0.15) is 6.42 Å². The van der Waals surface area contributed by atoms with Crippen molar-refractivity contribution in [1.82, 2.24) is 15.2 Å². The number of β-amino-alcohol motifs (C(OH)–C–C–N with tert-alkyl or cyclic N) is 1. The zero-order valence-corrected chi connectivity index (χ0v) is 11.5. The second-order valence-electron chi connectivity index (χ2n) is 4.98. The van der Waals surface area contributed by atoms with Crippen LogP contribution in [-0.2, 0) is 4.79 Å². The van der Waals surface area contributed by atoms with Crippen molar-refractivity contribution in [2.45, 2.75) is 18.6 Å². The molecule has 2 fully saturated rings. The second-order valence-corrected chi connectivity index (χ2v) is 5.85. The van der Waals surface area contributed by atoms with E-state index in [1.165, 1.54) is 0 Å². The summed E-state index contributed by atoms with van der Waals surface area (Å²) >= 11 is 1.63. The Kier molecular flexibility index (Phi) is 3.67. The molecule has 0 unspecified atom stereocenters. The largest absolute Gasteiger partial charge is 0.392 e. The first kappa shape index (κ1) is 12.8. The van der Waals surface area contributed by atoms with E-state index in [0.29, 0.717) is 13.0 Å². The first-order valence-electron chi connectivity index (χ1n) is 6.59. The average Bonchev–Trinajstić information content (AvgIpc) is 3.09. The minimum absolute atomic E-state index is 0.121. The van der Waals surface area contributed by atoms with Crippen LogP contribution in [0.4, 0.5) is 5.13 Å². The van der Waals surface area contributed by atoms with Crippen LogP contribution in [0, 0.1) is 0 Å². The summed E-state index contributed by atoms with van der Waals surface area (Å²) in [6.45, 7) is 3.64. The van der Waals surface area contributed by atoms with Crippen LogP contribution < -0.4 is 10.2 Å². The predicted octanol–water partition coefficient (Wildman–Crippen LogP) is -0.485. The van der Waals surface area contributed by atoms with Crippen molar-refractivity contribution in [1.29, 1.82) is 0 Å². The maximum atomic E-state index is 12.3. The normalized spacial score (nSPS) is 27.8. The number of thiazole rings is 1. The van der Waals surface area contributed by atoms with Crippen LogP contribution in [-0.4, -0.2) is 65.8 Å². The molecule has 0 spiro atoms. The Morgan fingerprint density at radius 2 is 2.21 bits per heavy atom. The molecule has 0 radical (unpaired) electrons. The molecule has 6 nitrogen and oxygen atoms in total. The zero-order chi connectivity index (χ0) is 13.2. The van der Waals surface area contributed by atoms with Crippen molar-refractivity contribution in [3.63, 3.8) is 0 Å². The molecule has 1 amide bonds. The first-order valence-corrected chi connectivity index (χ1v) is 7.46. The van der Waals surface area contributed by atoms with E-state index in [0.717, 1.165) is 31.3 Å². The van der Waals surface area contributed by atoms with Gasteiger partial charge in [0.25, 0.3) is 0 Å². The van der Waals surface area contributed by atoms with E-state index in [-0.39, 0.29) is 18.1 Å². The van der Waals surface area contributed by atoms with Gasteiger partial charge in [-0.2, -0.15) is 0 Å². The molecule has 3 heterocycles. The van der Waals surface area contributed by atoms with Gasteiger partial charge in [-0.25, -0.2) is 4.98 Å². The van der Waals surface area contributed by atoms with Gasteiger partial charge in [0.05, 0.1) is 12.1 Å². The Labute approximate surface area is 116 Å². The molecule has 2 aliphatic heterocycles. The fourth-order valence-corrected chi connectivity index (χ4v) is 3.31. The number of carbonyl (C=O) groups excluding carboxylic acids is 1. The van der Waals surface area contributed by atoms with Gasteiger partial charge in [-0.3, -0.25) is 4.79 Å². The molecule has 104 valence electrons. The highest BCUT2D eigenvalue weighted by Crippen LogP contribution is 2.19. The predicted molar refractivity (Wildman–Crippen MR) is 73.3 cm³/mol. The third-order valence-electron chi connectivity index (χ3n) is 3.69. The Balaban J connectivity index is 1.54. The third-order valence-corrected chi connectivity index (χ3v) is 4.52. The summed E-state index contributed by atoms with van der Waals surface area (Å²) in [5, 5.41) is 15.5. The molecule has 0 bridgehead atoms. The summed E-state index contributed by atoms with van der Waals surface area (Å²) in [6, 6.07) is -0.207. The van der Waals surface area contributed by atoms with Gasteiger partial charge in [0, 0.05) is 44.3 Å². The number of hydrogen-bond donors (Lipinski definition) is 2. The van der Waals surface area contributed by atoms with Crippen LogP contribution in [0.3, 0.4) is 0 Å². The highest BCUT2D eigenvalue weighted by molar-refractivity contribution is 7.13. The topological polar surface area (TPSA) is 68.7 Å². The van der Waals surface area contributed by atoms with Crippen LogP contribution >= 0.6 is 11.3 Å². The second kappa shape index (κ2) is 5.44. The van der Waals surface area contributed by atoms with Crippen molar-refractivity contribution < 1.29 is 9.90 Å². The van der Waals surface area contributed by atoms with E-state index >= 15 is 0 Å². The van der Waals surface area contributed by atoms with E-state index < -0.39 is 0 Å². The lowest BCUT2D eigenvalue weighted by Gasteiger charge is -2.35. The molecular weight excluding hydrogens is 264 g/mol. The number of rotatable bonds is 2. The fraction of sp³-hybridized carbons (Fsp3) is 0.667. The fourth-order valence-electron chi connectivity index (χ4n) is 2.62. The number of nitrogens with one attached hydrogen (secondary N) is 1. The Morgan fingerprint density at radius 3 is 2.79 bits per heavy atom. The van der Waals surface area contributed by atoms with E-state index in [2.05, 4.69) is 15.2 Å². The molecular formula is C12H18N4O2S. The van der Waals surface area contributed by atoms with Crippen molar-refractivity contribution in [3.05, 3.63) is 11.6 Å². The summed E-state index contributed by atoms with van der Waals surface area (Å²) < 4.78 is 0. The Bertz CT molecular complexity index is 431. The molecule has 19 heavy (non-hydrogen) atoms. The molecule has 0 aromatic carbocycles. The van der Waals surface area contributed by atoms with Crippen molar-refractivity contribution in [3.8, 4) is 0 Å². The molecule has 0 aliphatic carbocycles. The number of aliphatic hydroxyl groups excluding tert-OH is 1. The summed E-state index contributed by atoms with van der Waals surface area (Å²) in [5.74, 6) is 0.121. The van der Waals surface area contributed by atoms with Crippen LogP contribution in [0.15, 0.2) is 11.6 Å². The maximum Gasteiger partial charge on any atom is 0.239 e. The quantitative estimate of drug-likeness (QED) is 0.766. The number of nitrogens with zero attached hydrogens (tertiary/aromatic N) is 3. The van der Waals surface area contributed by atoms with Gasteiger partial charge in [0.15, 0.2) is 5.13 Å². The Hall–Kier alpha value is -1.18. The van der Waals surface area contributed by atoms with Crippen molar-refractivity contribution in [2.24, 2.45) is 0 Å². The van der Waals surface area contributed by atoms with Crippen LogP contribution in [0.5, 0.6) is 0 Å². The minimum Gasteiger partial charge on any atom is -0.392 e. The number of amides is 1. The van der Waals surface area contributed by atoms with Gasteiger partial charge in [-0.05, 0) is 6.42 Å². The molecule has 0 saturated carbocycles. The number of anilines is 1. The molecule has 2 atom stereocenters. The van der Waals surface area contributed by atoms with Gasteiger partial charge in [-0.15, -0.1) is 11.3 Å². The SMILES string of the molecule is O=C([C@@H]1C[C@H](O)CN1)N1CCN(c2nccs2)CC1. The smallest absolute Gasteiger partial charge is 0.239 e. The highest BCUT2D eigenvalue weighted by atomic mass is 32.1. The lowest BCUT2D eigenvalue weighted by Crippen LogP contribution is -2.53.